The Morgan fingerprint density at radius 3 is 2.77 bits per heavy atom. The predicted octanol–water partition coefficient (Wildman–Crippen LogP) is 3.15. The Morgan fingerprint density at radius 2 is 2.04 bits per heavy atom. The molecule has 0 radical (unpaired) electrons. The number of phenolic OH excluding ortho intramolecular Hbond substituents is 1. The highest BCUT2D eigenvalue weighted by Crippen LogP contribution is 2.29. The van der Waals surface area contributed by atoms with Gasteiger partial charge in [-0.15, -0.1) is 0 Å². The number of aromatic hydroxyl groups is 1. The first-order chi connectivity index (χ1) is 12.5. The van der Waals surface area contributed by atoms with Gasteiger partial charge in [-0.1, -0.05) is 30.3 Å². The first-order valence-corrected chi connectivity index (χ1v) is 8.57. The van der Waals surface area contributed by atoms with Crippen molar-refractivity contribution in [3.05, 3.63) is 64.2 Å². The minimum atomic E-state index is -0.558. The van der Waals surface area contributed by atoms with Crippen molar-refractivity contribution in [3.63, 3.8) is 0 Å². The van der Waals surface area contributed by atoms with Crippen LogP contribution in [-0.4, -0.2) is 33.9 Å². The zero-order valence-electron chi connectivity index (χ0n) is 14.3. The van der Waals surface area contributed by atoms with E-state index >= 15 is 0 Å². The summed E-state index contributed by atoms with van der Waals surface area (Å²) in [6.07, 6.45) is 1.67. The van der Waals surface area contributed by atoms with Crippen molar-refractivity contribution in [2.75, 3.05) is 18.4 Å². The number of phenols is 1. The Balaban J connectivity index is 1.64. The quantitative estimate of drug-likeness (QED) is 0.488. The fraction of sp³-hybridized carbons (Fsp3) is 0.316. The van der Waals surface area contributed by atoms with Crippen LogP contribution in [0.1, 0.15) is 18.4 Å². The number of amides is 1. The van der Waals surface area contributed by atoms with E-state index < -0.39 is 4.92 Å². The fourth-order valence-electron chi connectivity index (χ4n) is 3.23. The summed E-state index contributed by atoms with van der Waals surface area (Å²) in [5.74, 6) is -0.620. The summed E-state index contributed by atoms with van der Waals surface area (Å²) < 4.78 is 0. The molecule has 1 heterocycles. The van der Waals surface area contributed by atoms with Crippen molar-refractivity contribution in [3.8, 4) is 5.75 Å². The second-order valence-corrected chi connectivity index (χ2v) is 6.51. The number of carbonyl (C=O) groups is 1. The zero-order valence-corrected chi connectivity index (χ0v) is 14.3. The van der Waals surface area contributed by atoms with Crippen LogP contribution < -0.4 is 5.32 Å². The van der Waals surface area contributed by atoms with E-state index in [-0.39, 0.29) is 28.9 Å². The van der Waals surface area contributed by atoms with Gasteiger partial charge in [0, 0.05) is 25.2 Å². The van der Waals surface area contributed by atoms with Crippen LogP contribution in [0.4, 0.5) is 11.4 Å². The third-order valence-corrected chi connectivity index (χ3v) is 4.57. The van der Waals surface area contributed by atoms with Crippen LogP contribution in [0.25, 0.3) is 0 Å². The number of hydrogen-bond donors (Lipinski definition) is 2. The molecular weight excluding hydrogens is 334 g/mol. The van der Waals surface area contributed by atoms with Gasteiger partial charge in [0.05, 0.1) is 16.5 Å². The lowest BCUT2D eigenvalue weighted by Crippen LogP contribution is -2.40. The predicted molar refractivity (Wildman–Crippen MR) is 97.8 cm³/mol. The molecule has 0 saturated carbocycles. The largest absolute Gasteiger partial charge is 0.506 e. The summed E-state index contributed by atoms with van der Waals surface area (Å²) >= 11 is 0. The van der Waals surface area contributed by atoms with Gasteiger partial charge in [-0.3, -0.25) is 19.8 Å². The molecule has 1 atom stereocenters. The molecule has 0 unspecified atom stereocenters. The van der Waals surface area contributed by atoms with E-state index in [2.05, 4.69) is 22.3 Å². The molecule has 0 aliphatic carbocycles. The third kappa shape index (κ3) is 4.37. The van der Waals surface area contributed by atoms with Crippen LogP contribution in [0.2, 0.25) is 0 Å². The minimum absolute atomic E-state index is 0.0735. The van der Waals surface area contributed by atoms with Crippen molar-refractivity contribution in [2.45, 2.75) is 19.4 Å². The number of nitro benzene ring substituents is 1. The second kappa shape index (κ2) is 7.97. The van der Waals surface area contributed by atoms with Crippen LogP contribution in [0.15, 0.2) is 48.5 Å². The van der Waals surface area contributed by atoms with Gasteiger partial charge in [0.1, 0.15) is 5.75 Å². The van der Waals surface area contributed by atoms with Gasteiger partial charge in [0.2, 0.25) is 5.91 Å². The Morgan fingerprint density at radius 1 is 1.27 bits per heavy atom. The number of nitrogens with one attached hydrogen (secondary N) is 1. The lowest BCUT2D eigenvalue weighted by atomic mass is 9.96. The summed E-state index contributed by atoms with van der Waals surface area (Å²) in [7, 11) is 0. The van der Waals surface area contributed by atoms with Crippen molar-refractivity contribution >= 4 is 17.3 Å². The molecule has 7 nitrogen and oxygen atoms in total. The highest BCUT2D eigenvalue weighted by Gasteiger charge is 2.26. The average Bonchev–Trinajstić information content (AvgIpc) is 2.64. The van der Waals surface area contributed by atoms with Crippen LogP contribution in [-0.2, 0) is 11.3 Å². The van der Waals surface area contributed by atoms with E-state index in [0.717, 1.165) is 25.9 Å². The average molecular weight is 355 g/mol. The van der Waals surface area contributed by atoms with E-state index in [4.69, 9.17) is 0 Å². The van der Waals surface area contributed by atoms with Crippen molar-refractivity contribution < 1.29 is 14.8 Å². The van der Waals surface area contributed by atoms with E-state index in [1.54, 1.807) is 0 Å². The lowest BCUT2D eigenvalue weighted by Gasteiger charge is -2.32. The maximum absolute atomic E-state index is 12.6. The summed E-state index contributed by atoms with van der Waals surface area (Å²) in [6.45, 7) is 2.34. The van der Waals surface area contributed by atoms with Crippen molar-refractivity contribution in [2.24, 2.45) is 5.92 Å². The Hall–Kier alpha value is -2.93. The topological polar surface area (TPSA) is 95.7 Å². The standard InChI is InChI=1S/C19H21N3O4/c23-18-9-8-16(22(25)26)11-17(18)20-19(24)15-7-4-10-21(13-15)12-14-5-2-1-3-6-14/h1-3,5-6,8-9,11,15,23H,4,7,10,12-13H2,(H,20,24)/t15-/m0/s1. The SMILES string of the molecule is O=C(Nc1cc([N+](=O)[O-])ccc1O)[C@H]1CCCN(Cc2ccccc2)C1. The van der Waals surface area contributed by atoms with Crippen LogP contribution >= 0.6 is 0 Å². The van der Waals surface area contributed by atoms with Gasteiger partial charge in [0.25, 0.3) is 5.69 Å². The monoisotopic (exact) mass is 355 g/mol. The van der Waals surface area contributed by atoms with Gasteiger partial charge in [0.15, 0.2) is 0 Å². The summed E-state index contributed by atoms with van der Waals surface area (Å²) in [5, 5.41) is 23.4. The van der Waals surface area contributed by atoms with Gasteiger partial charge in [-0.25, -0.2) is 0 Å². The molecule has 3 rings (SSSR count). The molecule has 1 fully saturated rings. The number of anilines is 1. The van der Waals surface area contributed by atoms with Crippen molar-refractivity contribution in [1.82, 2.24) is 4.90 Å². The minimum Gasteiger partial charge on any atom is -0.506 e. The van der Waals surface area contributed by atoms with Crippen LogP contribution in [0, 0.1) is 16.0 Å². The molecule has 2 aromatic carbocycles. The fourth-order valence-corrected chi connectivity index (χ4v) is 3.23. The van der Waals surface area contributed by atoms with E-state index in [0.29, 0.717) is 6.54 Å². The molecule has 2 N–H and O–H groups in total. The zero-order chi connectivity index (χ0) is 18.5. The molecular formula is C19H21N3O4. The van der Waals surface area contributed by atoms with Gasteiger partial charge >= 0.3 is 0 Å². The summed E-state index contributed by atoms with van der Waals surface area (Å²) in [4.78, 5) is 25.1. The Labute approximate surface area is 151 Å². The number of nitrogens with zero attached hydrogens (tertiary/aromatic N) is 2. The number of likely N-dealkylation sites (tertiary alicyclic amines) is 1. The number of rotatable bonds is 5. The number of hydrogen-bond acceptors (Lipinski definition) is 5. The summed E-state index contributed by atoms with van der Waals surface area (Å²) in [6, 6.07) is 13.7. The first-order valence-electron chi connectivity index (χ1n) is 8.57. The highest BCUT2D eigenvalue weighted by atomic mass is 16.6. The Bertz CT molecular complexity index is 795. The first kappa shape index (κ1) is 17.9. The molecule has 2 aromatic rings. The number of piperidine rings is 1. The van der Waals surface area contributed by atoms with Gasteiger partial charge < -0.3 is 10.4 Å². The third-order valence-electron chi connectivity index (χ3n) is 4.57. The smallest absolute Gasteiger partial charge is 0.271 e. The molecule has 1 aliphatic heterocycles. The molecule has 0 aromatic heterocycles. The number of carbonyl (C=O) groups excluding carboxylic acids is 1. The second-order valence-electron chi connectivity index (χ2n) is 6.51. The summed E-state index contributed by atoms with van der Waals surface area (Å²) in [5.41, 5.74) is 1.10. The van der Waals surface area contributed by atoms with Crippen LogP contribution in [0.5, 0.6) is 5.75 Å². The highest BCUT2D eigenvalue weighted by molar-refractivity contribution is 5.94. The maximum atomic E-state index is 12.6. The van der Waals surface area contributed by atoms with Crippen LogP contribution in [0.3, 0.4) is 0 Å². The van der Waals surface area contributed by atoms with Gasteiger partial charge in [-0.2, -0.15) is 0 Å². The number of nitro groups is 1. The molecule has 136 valence electrons. The molecule has 7 heteroatoms. The molecule has 1 saturated heterocycles. The molecule has 0 bridgehead atoms. The van der Waals surface area contributed by atoms with E-state index in [1.165, 1.54) is 23.8 Å². The number of benzene rings is 2. The molecule has 1 aliphatic rings. The molecule has 1 amide bonds. The molecule has 0 spiro atoms. The lowest BCUT2D eigenvalue weighted by molar-refractivity contribution is -0.384. The van der Waals surface area contributed by atoms with Gasteiger partial charge in [-0.05, 0) is 31.0 Å². The number of non-ortho nitro benzene ring substituents is 1. The van der Waals surface area contributed by atoms with E-state index in [9.17, 15) is 20.0 Å². The normalized spacial score (nSPS) is 17.6. The van der Waals surface area contributed by atoms with E-state index in [1.807, 2.05) is 18.2 Å². The molecule has 26 heavy (non-hydrogen) atoms. The van der Waals surface area contributed by atoms with Crippen molar-refractivity contribution in [1.29, 1.82) is 0 Å². The maximum Gasteiger partial charge on any atom is 0.271 e. The Kier molecular flexibility index (Phi) is 5.48.